The number of methoxy groups -OCH3 is 1. The molecule has 0 aliphatic carbocycles. The normalized spacial score (nSPS) is 24.6. The van der Waals surface area contributed by atoms with E-state index >= 15 is 0 Å². The van der Waals surface area contributed by atoms with Crippen LogP contribution in [0.15, 0.2) is 84.0 Å². The van der Waals surface area contributed by atoms with Crippen molar-refractivity contribution in [3.05, 3.63) is 95.6 Å². The summed E-state index contributed by atoms with van der Waals surface area (Å²) in [6, 6.07) is 22.1. The van der Waals surface area contributed by atoms with E-state index in [-0.39, 0.29) is 11.7 Å². The van der Waals surface area contributed by atoms with E-state index in [1.54, 1.807) is 59.8 Å². The molecule has 2 saturated heterocycles. The van der Waals surface area contributed by atoms with Crippen molar-refractivity contribution in [3.63, 3.8) is 0 Å². The van der Waals surface area contributed by atoms with Crippen LogP contribution in [0.4, 0.5) is 5.69 Å². The molecule has 0 radical (unpaired) electrons. The number of Topliss-reactive ketones (excluding diaryl/α,β-unsaturated/α-hetero) is 1. The van der Waals surface area contributed by atoms with Crippen LogP contribution < -0.4 is 9.64 Å². The Balaban J connectivity index is 1.52. The summed E-state index contributed by atoms with van der Waals surface area (Å²) in [6.07, 6.45) is 1.70. The van der Waals surface area contributed by atoms with Crippen LogP contribution in [-0.4, -0.2) is 42.0 Å². The maximum absolute atomic E-state index is 13.9. The lowest BCUT2D eigenvalue weighted by molar-refractivity contribution is -0.124. The number of imide groups is 1. The summed E-state index contributed by atoms with van der Waals surface area (Å²) >= 11 is 0. The van der Waals surface area contributed by atoms with Gasteiger partial charge >= 0.3 is 0 Å². The number of hydrogen-bond donors (Lipinski definition) is 0. The van der Waals surface area contributed by atoms with Crippen molar-refractivity contribution in [2.75, 3.05) is 12.0 Å². The monoisotopic (exact) mass is 451 g/mol. The van der Waals surface area contributed by atoms with E-state index in [4.69, 9.17) is 4.74 Å². The molecule has 7 heteroatoms. The maximum atomic E-state index is 13.9. The molecule has 3 aromatic carbocycles. The summed E-state index contributed by atoms with van der Waals surface area (Å²) in [7, 11) is 1.50. The molecule has 168 valence electrons. The van der Waals surface area contributed by atoms with Crippen molar-refractivity contribution in [2.24, 2.45) is 16.9 Å². The highest BCUT2D eigenvalue weighted by molar-refractivity contribution is 6.25. The predicted octanol–water partition coefficient (Wildman–Crippen LogP) is 3.46. The van der Waals surface area contributed by atoms with Gasteiger partial charge in [-0.2, -0.15) is 5.10 Å². The number of anilines is 1. The lowest BCUT2D eigenvalue weighted by atomic mass is 9.83. The molecular weight excluding hydrogens is 430 g/mol. The van der Waals surface area contributed by atoms with Gasteiger partial charge in [0.25, 0.3) is 0 Å². The van der Waals surface area contributed by atoms with E-state index < -0.39 is 29.8 Å². The number of carbonyl (C=O) groups is 3. The van der Waals surface area contributed by atoms with Gasteiger partial charge in [-0.3, -0.25) is 19.4 Å². The standard InChI is InChI=1S/C27H21N3O4/c1-34-20-14-8-7-13-19(20)29-26(32)21-22(27(29)33)24(25(31)16-9-3-2-4-10-16)30-23(21)18-12-6-5-11-17(18)15-28-30/h2-15,21-24H,1H3/t21-,22+,23?,24-/m1/s1. The highest BCUT2D eigenvalue weighted by atomic mass is 16.5. The van der Waals surface area contributed by atoms with Crippen LogP contribution in [0.1, 0.15) is 27.5 Å². The van der Waals surface area contributed by atoms with Crippen LogP contribution in [-0.2, 0) is 9.59 Å². The maximum Gasteiger partial charge on any atom is 0.240 e. The van der Waals surface area contributed by atoms with Crippen molar-refractivity contribution in [2.45, 2.75) is 12.1 Å². The van der Waals surface area contributed by atoms with Crippen LogP contribution in [0.3, 0.4) is 0 Å². The van der Waals surface area contributed by atoms with E-state index in [9.17, 15) is 14.4 Å². The van der Waals surface area contributed by atoms with Crippen LogP contribution >= 0.6 is 0 Å². The minimum Gasteiger partial charge on any atom is -0.495 e. The van der Waals surface area contributed by atoms with E-state index in [0.29, 0.717) is 17.0 Å². The number of nitrogens with zero attached hydrogens (tertiary/aromatic N) is 3. The molecule has 3 aromatic rings. The number of hydrazone groups is 1. The van der Waals surface area contributed by atoms with Crippen molar-refractivity contribution in [1.29, 1.82) is 0 Å². The number of ether oxygens (including phenoxy) is 1. The van der Waals surface area contributed by atoms with E-state index in [0.717, 1.165) is 11.1 Å². The smallest absolute Gasteiger partial charge is 0.240 e. The number of carbonyl (C=O) groups excluding carboxylic acids is 3. The van der Waals surface area contributed by atoms with Gasteiger partial charge < -0.3 is 4.74 Å². The zero-order valence-corrected chi connectivity index (χ0v) is 18.4. The number of hydrogen-bond acceptors (Lipinski definition) is 6. The number of rotatable bonds is 4. The first-order valence-corrected chi connectivity index (χ1v) is 11.1. The van der Waals surface area contributed by atoms with Crippen molar-refractivity contribution in [1.82, 2.24) is 5.01 Å². The highest BCUT2D eigenvalue weighted by Gasteiger charge is 2.65. The Morgan fingerprint density at radius 1 is 0.853 bits per heavy atom. The molecule has 7 nitrogen and oxygen atoms in total. The fourth-order valence-corrected chi connectivity index (χ4v) is 5.49. The molecule has 0 spiro atoms. The van der Waals surface area contributed by atoms with Gasteiger partial charge in [0.15, 0.2) is 5.78 Å². The average Bonchev–Trinajstić information content (AvgIpc) is 3.36. The molecule has 34 heavy (non-hydrogen) atoms. The molecule has 3 aliphatic heterocycles. The highest BCUT2D eigenvalue weighted by Crippen LogP contribution is 2.53. The first-order valence-electron chi connectivity index (χ1n) is 11.1. The SMILES string of the molecule is COc1ccccc1N1C(=O)[C@H]2[C@@H](C1=O)C1c3ccccc3C=NN1[C@H]2C(=O)c1ccccc1. The molecule has 4 atom stereocenters. The number of amides is 2. The molecule has 0 bridgehead atoms. The number of para-hydroxylation sites is 2. The predicted molar refractivity (Wildman–Crippen MR) is 126 cm³/mol. The molecule has 0 N–H and O–H groups in total. The Bertz CT molecular complexity index is 1350. The van der Waals surface area contributed by atoms with E-state index in [1.807, 2.05) is 30.3 Å². The molecule has 0 aromatic heterocycles. The van der Waals surface area contributed by atoms with Gasteiger partial charge in [0, 0.05) is 5.56 Å². The third kappa shape index (κ3) is 2.76. The van der Waals surface area contributed by atoms with E-state index in [2.05, 4.69) is 5.10 Å². The third-order valence-corrected chi connectivity index (χ3v) is 6.95. The molecule has 3 heterocycles. The fourth-order valence-electron chi connectivity index (χ4n) is 5.49. The minimum atomic E-state index is -0.891. The quantitative estimate of drug-likeness (QED) is 0.448. The first kappa shape index (κ1) is 20.4. The second kappa shape index (κ2) is 7.66. The Morgan fingerprint density at radius 3 is 2.32 bits per heavy atom. The minimum absolute atomic E-state index is 0.224. The Hall–Kier alpha value is -4.26. The van der Waals surface area contributed by atoms with Crippen molar-refractivity contribution < 1.29 is 19.1 Å². The lowest BCUT2D eigenvalue weighted by Gasteiger charge is -2.33. The number of fused-ring (bicyclic) bond motifs is 5. The van der Waals surface area contributed by atoms with Gasteiger partial charge in [0.1, 0.15) is 11.8 Å². The zero-order chi connectivity index (χ0) is 23.4. The number of ketones is 1. The molecule has 2 amide bonds. The van der Waals surface area contributed by atoms with Crippen LogP contribution in [0.2, 0.25) is 0 Å². The summed E-state index contributed by atoms with van der Waals surface area (Å²) in [4.78, 5) is 42.7. The van der Waals surface area contributed by atoms with Crippen LogP contribution in [0.5, 0.6) is 5.75 Å². The molecule has 2 fully saturated rings. The second-order valence-electron chi connectivity index (χ2n) is 8.61. The van der Waals surface area contributed by atoms with E-state index in [1.165, 1.54) is 12.0 Å². The zero-order valence-electron chi connectivity index (χ0n) is 18.4. The molecule has 1 unspecified atom stereocenters. The van der Waals surface area contributed by atoms with Gasteiger partial charge in [0.2, 0.25) is 11.8 Å². The van der Waals surface area contributed by atoms with Gasteiger partial charge in [-0.05, 0) is 23.3 Å². The van der Waals surface area contributed by atoms with Crippen molar-refractivity contribution in [3.8, 4) is 5.75 Å². The molecular formula is C27H21N3O4. The topological polar surface area (TPSA) is 79.3 Å². The van der Waals surface area contributed by atoms with Gasteiger partial charge in [-0.1, -0.05) is 66.7 Å². The summed E-state index contributed by atoms with van der Waals surface area (Å²) in [5.74, 6) is -2.15. The van der Waals surface area contributed by atoms with Crippen LogP contribution in [0.25, 0.3) is 0 Å². The summed E-state index contributed by atoms with van der Waals surface area (Å²) in [6.45, 7) is 0. The average molecular weight is 451 g/mol. The second-order valence-corrected chi connectivity index (χ2v) is 8.61. The third-order valence-electron chi connectivity index (χ3n) is 6.95. The molecule has 3 aliphatic rings. The summed E-state index contributed by atoms with van der Waals surface area (Å²) < 4.78 is 5.44. The summed E-state index contributed by atoms with van der Waals surface area (Å²) in [5, 5.41) is 6.25. The molecule has 6 rings (SSSR count). The fraction of sp³-hybridized carbons (Fsp3) is 0.185. The first-order chi connectivity index (χ1) is 16.6. The Morgan fingerprint density at radius 2 is 1.53 bits per heavy atom. The molecule has 0 saturated carbocycles. The summed E-state index contributed by atoms with van der Waals surface area (Å²) in [5.41, 5.74) is 2.64. The van der Waals surface area contributed by atoms with Gasteiger partial charge in [-0.25, -0.2) is 4.90 Å². The largest absolute Gasteiger partial charge is 0.495 e. The Kier molecular flexibility index (Phi) is 4.58. The van der Waals surface area contributed by atoms with Crippen molar-refractivity contribution >= 4 is 29.5 Å². The number of benzene rings is 3. The van der Waals surface area contributed by atoms with Gasteiger partial charge in [0.05, 0.1) is 36.9 Å². The van der Waals surface area contributed by atoms with Crippen LogP contribution in [0, 0.1) is 11.8 Å². The van der Waals surface area contributed by atoms with Gasteiger partial charge in [-0.15, -0.1) is 0 Å². The Labute approximate surface area is 196 Å². The lowest BCUT2D eigenvalue weighted by Crippen LogP contribution is -2.44.